The second-order valence-electron chi connectivity index (χ2n) is 3.80. The molecule has 0 aliphatic rings. The number of carboxylic acid groups (broad SMARTS) is 1. The van der Waals surface area contributed by atoms with Gasteiger partial charge in [-0.15, -0.1) is 0 Å². The van der Waals surface area contributed by atoms with E-state index in [1.54, 1.807) is 18.2 Å². The van der Waals surface area contributed by atoms with Gasteiger partial charge in [-0.3, -0.25) is 0 Å². The Morgan fingerprint density at radius 3 is 2.50 bits per heavy atom. The summed E-state index contributed by atoms with van der Waals surface area (Å²) in [5, 5.41) is 11.8. The van der Waals surface area contributed by atoms with Crippen molar-refractivity contribution in [2.24, 2.45) is 0 Å². The SMILES string of the molecule is O=C(O)c1ccc(CNCc2ccc(F)cc2)o1. The van der Waals surface area contributed by atoms with Crippen molar-refractivity contribution in [1.29, 1.82) is 0 Å². The van der Waals surface area contributed by atoms with E-state index in [-0.39, 0.29) is 11.6 Å². The highest BCUT2D eigenvalue weighted by Gasteiger charge is 2.08. The number of nitrogens with one attached hydrogen (secondary N) is 1. The van der Waals surface area contributed by atoms with E-state index in [0.29, 0.717) is 18.8 Å². The fraction of sp³-hybridized carbons (Fsp3) is 0.154. The molecule has 1 aromatic heterocycles. The summed E-state index contributed by atoms with van der Waals surface area (Å²) in [6.07, 6.45) is 0. The van der Waals surface area contributed by atoms with Gasteiger partial charge in [0.2, 0.25) is 5.76 Å². The average Bonchev–Trinajstić information content (AvgIpc) is 2.81. The van der Waals surface area contributed by atoms with Crippen LogP contribution in [0.25, 0.3) is 0 Å². The molecular formula is C13H12FNO3. The summed E-state index contributed by atoms with van der Waals surface area (Å²) in [5.74, 6) is -0.876. The molecule has 94 valence electrons. The quantitative estimate of drug-likeness (QED) is 0.854. The normalized spacial score (nSPS) is 10.5. The molecule has 18 heavy (non-hydrogen) atoms. The zero-order valence-corrected chi connectivity index (χ0v) is 9.52. The lowest BCUT2D eigenvalue weighted by Crippen LogP contribution is -2.12. The molecule has 0 radical (unpaired) electrons. The maximum atomic E-state index is 12.7. The highest BCUT2D eigenvalue weighted by molar-refractivity contribution is 5.84. The monoisotopic (exact) mass is 249 g/mol. The summed E-state index contributed by atoms with van der Waals surface area (Å²) in [4.78, 5) is 10.6. The molecule has 0 unspecified atom stereocenters. The third-order valence-corrected chi connectivity index (χ3v) is 2.41. The second-order valence-corrected chi connectivity index (χ2v) is 3.80. The van der Waals surface area contributed by atoms with E-state index in [9.17, 15) is 9.18 Å². The first-order valence-corrected chi connectivity index (χ1v) is 5.42. The average molecular weight is 249 g/mol. The standard InChI is InChI=1S/C13H12FNO3/c14-10-3-1-9(2-4-10)7-15-8-11-5-6-12(18-11)13(16)17/h1-6,15H,7-8H2,(H,16,17). The molecule has 1 aromatic carbocycles. The number of halogens is 1. The van der Waals surface area contributed by atoms with Crippen LogP contribution in [0.1, 0.15) is 21.9 Å². The smallest absolute Gasteiger partial charge is 0.371 e. The summed E-state index contributed by atoms with van der Waals surface area (Å²) in [6.45, 7) is 0.980. The van der Waals surface area contributed by atoms with Crippen molar-refractivity contribution < 1.29 is 18.7 Å². The minimum Gasteiger partial charge on any atom is -0.475 e. The minimum atomic E-state index is -1.08. The highest BCUT2D eigenvalue weighted by atomic mass is 19.1. The Kier molecular flexibility index (Phi) is 3.74. The Hall–Kier alpha value is -2.14. The molecular weight excluding hydrogens is 237 g/mol. The molecule has 4 nitrogen and oxygen atoms in total. The van der Waals surface area contributed by atoms with Crippen LogP contribution in [0, 0.1) is 5.82 Å². The van der Waals surface area contributed by atoms with Crippen LogP contribution in [0.15, 0.2) is 40.8 Å². The van der Waals surface area contributed by atoms with Crippen LogP contribution in [-0.2, 0) is 13.1 Å². The minimum absolute atomic E-state index is 0.0754. The van der Waals surface area contributed by atoms with E-state index < -0.39 is 5.97 Å². The molecule has 0 bridgehead atoms. The molecule has 0 aliphatic carbocycles. The van der Waals surface area contributed by atoms with Gasteiger partial charge in [0.25, 0.3) is 0 Å². The number of furan rings is 1. The molecule has 1 heterocycles. The number of rotatable bonds is 5. The molecule has 2 aromatic rings. The van der Waals surface area contributed by atoms with Crippen molar-refractivity contribution in [2.45, 2.75) is 13.1 Å². The number of carbonyl (C=O) groups is 1. The van der Waals surface area contributed by atoms with E-state index in [1.807, 2.05) is 0 Å². The van der Waals surface area contributed by atoms with Crippen molar-refractivity contribution in [3.8, 4) is 0 Å². The van der Waals surface area contributed by atoms with Gasteiger partial charge in [-0.1, -0.05) is 12.1 Å². The molecule has 2 N–H and O–H groups in total. The predicted molar refractivity (Wildman–Crippen MR) is 62.6 cm³/mol. The molecule has 0 spiro atoms. The van der Waals surface area contributed by atoms with E-state index >= 15 is 0 Å². The highest BCUT2D eigenvalue weighted by Crippen LogP contribution is 2.08. The van der Waals surface area contributed by atoms with Crippen LogP contribution < -0.4 is 5.32 Å². The zero-order chi connectivity index (χ0) is 13.0. The Labute approximate surface area is 103 Å². The van der Waals surface area contributed by atoms with Crippen molar-refractivity contribution in [2.75, 3.05) is 0 Å². The molecule has 0 fully saturated rings. The van der Waals surface area contributed by atoms with E-state index in [0.717, 1.165) is 5.56 Å². The lowest BCUT2D eigenvalue weighted by molar-refractivity contribution is 0.0660. The van der Waals surface area contributed by atoms with Gasteiger partial charge in [0.1, 0.15) is 11.6 Å². The third-order valence-electron chi connectivity index (χ3n) is 2.41. The molecule has 0 amide bonds. The molecule has 2 rings (SSSR count). The van der Waals surface area contributed by atoms with Crippen LogP contribution in [-0.4, -0.2) is 11.1 Å². The van der Waals surface area contributed by atoms with Crippen molar-refractivity contribution in [3.05, 3.63) is 59.3 Å². The van der Waals surface area contributed by atoms with Crippen LogP contribution in [0.5, 0.6) is 0 Å². The van der Waals surface area contributed by atoms with Gasteiger partial charge < -0.3 is 14.8 Å². The first kappa shape index (κ1) is 12.3. The molecule has 5 heteroatoms. The summed E-state index contributed by atoms with van der Waals surface area (Å²) in [6, 6.07) is 9.19. The van der Waals surface area contributed by atoms with Crippen LogP contribution >= 0.6 is 0 Å². The summed E-state index contributed by atoms with van der Waals surface area (Å²) >= 11 is 0. The van der Waals surface area contributed by atoms with E-state index in [4.69, 9.17) is 9.52 Å². The van der Waals surface area contributed by atoms with Crippen molar-refractivity contribution in [3.63, 3.8) is 0 Å². The van der Waals surface area contributed by atoms with Crippen molar-refractivity contribution >= 4 is 5.97 Å². The molecule has 0 saturated carbocycles. The first-order chi connectivity index (χ1) is 8.65. The van der Waals surface area contributed by atoms with Gasteiger partial charge in [-0.05, 0) is 29.8 Å². The molecule has 0 saturated heterocycles. The topological polar surface area (TPSA) is 62.5 Å². The second kappa shape index (κ2) is 5.46. The summed E-state index contributed by atoms with van der Waals surface area (Å²) < 4.78 is 17.7. The Morgan fingerprint density at radius 2 is 1.89 bits per heavy atom. The van der Waals surface area contributed by atoms with E-state index in [2.05, 4.69) is 5.32 Å². The fourth-order valence-electron chi connectivity index (χ4n) is 1.52. The maximum Gasteiger partial charge on any atom is 0.371 e. The number of benzene rings is 1. The summed E-state index contributed by atoms with van der Waals surface area (Å²) in [7, 11) is 0. The van der Waals surface area contributed by atoms with Crippen LogP contribution in [0.3, 0.4) is 0 Å². The zero-order valence-electron chi connectivity index (χ0n) is 9.52. The molecule has 0 aliphatic heterocycles. The van der Waals surface area contributed by atoms with Gasteiger partial charge in [0.15, 0.2) is 0 Å². The van der Waals surface area contributed by atoms with Crippen LogP contribution in [0.4, 0.5) is 4.39 Å². The Bertz CT molecular complexity index is 533. The summed E-state index contributed by atoms with van der Waals surface area (Å²) in [5.41, 5.74) is 0.946. The van der Waals surface area contributed by atoms with Gasteiger partial charge in [0, 0.05) is 6.54 Å². The Balaban J connectivity index is 1.84. The lowest BCUT2D eigenvalue weighted by atomic mass is 10.2. The van der Waals surface area contributed by atoms with Gasteiger partial charge >= 0.3 is 5.97 Å². The maximum absolute atomic E-state index is 12.7. The first-order valence-electron chi connectivity index (χ1n) is 5.42. The number of hydrogen-bond donors (Lipinski definition) is 2. The molecule has 0 atom stereocenters. The largest absolute Gasteiger partial charge is 0.475 e. The number of hydrogen-bond acceptors (Lipinski definition) is 3. The van der Waals surface area contributed by atoms with Gasteiger partial charge in [0.05, 0.1) is 6.54 Å². The number of carboxylic acids is 1. The Morgan fingerprint density at radius 1 is 1.17 bits per heavy atom. The van der Waals surface area contributed by atoms with Crippen LogP contribution in [0.2, 0.25) is 0 Å². The fourth-order valence-corrected chi connectivity index (χ4v) is 1.52. The van der Waals surface area contributed by atoms with Gasteiger partial charge in [-0.25, -0.2) is 9.18 Å². The van der Waals surface area contributed by atoms with Gasteiger partial charge in [-0.2, -0.15) is 0 Å². The lowest BCUT2D eigenvalue weighted by Gasteiger charge is -2.02. The number of aromatic carboxylic acids is 1. The predicted octanol–water partition coefficient (Wildman–Crippen LogP) is 2.41. The third kappa shape index (κ3) is 3.18. The van der Waals surface area contributed by atoms with E-state index in [1.165, 1.54) is 18.2 Å². The van der Waals surface area contributed by atoms with Crippen molar-refractivity contribution in [1.82, 2.24) is 5.32 Å².